The maximum atomic E-state index is 12.0. The summed E-state index contributed by atoms with van der Waals surface area (Å²) in [6.07, 6.45) is 5.37. The molecule has 0 radical (unpaired) electrons. The number of terminal acetylenes is 1. The Morgan fingerprint density at radius 1 is 1.48 bits per heavy atom. The van der Waals surface area contributed by atoms with Crippen LogP contribution in [0, 0.1) is 32.1 Å². The van der Waals surface area contributed by atoms with Crippen LogP contribution in [0.25, 0.3) is 0 Å². The fourth-order valence-corrected chi connectivity index (χ4v) is 3.06. The van der Waals surface area contributed by atoms with Crippen LogP contribution < -0.4 is 4.90 Å². The third kappa shape index (κ3) is 3.76. The fourth-order valence-electron chi connectivity index (χ4n) is 1.91. The molecule has 0 saturated heterocycles. The van der Waals surface area contributed by atoms with E-state index in [0.717, 1.165) is 10.4 Å². The predicted molar refractivity (Wildman–Crippen MR) is 83.0 cm³/mol. The Kier molecular flexibility index (Phi) is 5.79. The van der Waals surface area contributed by atoms with Crippen LogP contribution in [-0.4, -0.2) is 37.2 Å². The zero-order valence-electron chi connectivity index (χ0n) is 12.6. The molecule has 1 atom stereocenters. The van der Waals surface area contributed by atoms with E-state index in [1.165, 1.54) is 18.4 Å². The molecule has 5 nitrogen and oxygen atoms in total. The summed E-state index contributed by atoms with van der Waals surface area (Å²) in [5, 5.41) is 9.73. The summed E-state index contributed by atoms with van der Waals surface area (Å²) >= 11 is 1.42. The molecule has 1 unspecified atom stereocenters. The van der Waals surface area contributed by atoms with Gasteiger partial charge in [0.15, 0.2) is 0 Å². The van der Waals surface area contributed by atoms with Crippen molar-refractivity contribution in [1.29, 1.82) is 0 Å². The maximum Gasteiger partial charge on any atom is 0.341 e. The van der Waals surface area contributed by atoms with Gasteiger partial charge in [0, 0.05) is 11.4 Å². The average Bonchev–Trinajstić information content (AvgIpc) is 2.73. The molecular weight excluding hydrogens is 290 g/mol. The van der Waals surface area contributed by atoms with Crippen LogP contribution in [0.3, 0.4) is 0 Å². The van der Waals surface area contributed by atoms with E-state index in [9.17, 15) is 9.59 Å². The molecule has 0 amide bonds. The molecule has 0 aromatic carbocycles. The van der Waals surface area contributed by atoms with Crippen LogP contribution in [0.15, 0.2) is 0 Å². The van der Waals surface area contributed by atoms with Gasteiger partial charge >= 0.3 is 11.9 Å². The van der Waals surface area contributed by atoms with Crippen molar-refractivity contribution >= 4 is 28.3 Å². The zero-order valence-corrected chi connectivity index (χ0v) is 13.4. The first-order chi connectivity index (χ1) is 9.83. The number of thiophene rings is 1. The van der Waals surface area contributed by atoms with Crippen LogP contribution in [0.5, 0.6) is 0 Å². The van der Waals surface area contributed by atoms with Gasteiger partial charge in [0.1, 0.15) is 5.00 Å². The van der Waals surface area contributed by atoms with E-state index >= 15 is 0 Å². The van der Waals surface area contributed by atoms with Gasteiger partial charge < -0.3 is 14.7 Å². The SMILES string of the molecule is C#CCN(CC(C)C(=O)O)c1sc(C)c(C)c1C(=O)OC. The van der Waals surface area contributed by atoms with Gasteiger partial charge in [-0.1, -0.05) is 12.8 Å². The smallest absolute Gasteiger partial charge is 0.341 e. The van der Waals surface area contributed by atoms with Gasteiger partial charge in [-0.25, -0.2) is 4.79 Å². The summed E-state index contributed by atoms with van der Waals surface area (Å²) in [6.45, 7) is 5.84. The molecule has 0 saturated carbocycles. The van der Waals surface area contributed by atoms with Crippen LogP contribution in [0.1, 0.15) is 27.7 Å². The number of carboxylic acids is 1. The van der Waals surface area contributed by atoms with E-state index in [2.05, 4.69) is 5.92 Å². The Morgan fingerprint density at radius 2 is 2.10 bits per heavy atom. The number of aliphatic carboxylic acids is 1. The van der Waals surface area contributed by atoms with Gasteiger partial charge in [-0.15, -0.1) is 17.8 Å². The van der Waals surface area contributed by atoms with Crippen molar-refractivity contribution in [2.24, 2.45) is 5.92 Å². The molecular formula is C15H19NO4S. The van der Waals surface area contributed by atoms with Crippen LogP contribution in [0.4, 0.5) is 5.00 Å². The average molecular weight is 309 g/mol. The van der Waals surface area contributed by atoms with Crippen molar-refractivity contribution in [3.63, 3.8) is 0 Å². The van der Waals surface area contributed by atoms with Crippen LogP contribution >= 0.6 is 11.3 Å². The number of nitrogens with zero attached hydrogens (tertiary/aromatic N) is 1. The summed E-state index contributed by atoms with van der Waals surface area (Å²) in [5.41, 5.74) is 1.31. The Balaban J connectivity index is 3.25. The van der Waals surface area contributed by atoms with E-state index in [1.807, 2.05) is 13.8 Å². The standard InChI is InChI=1S/C15H19NO4S/c1-6-7-16(8-9(2)14(17)18)13-12(15(19)20-5)10(3)11(4)21-13/h1,9H,7-8H2,2-5H3,(H,17,18). The van der Waals surface area contributed by atoms with Gasteiger partial charge in [-0.3, -0.25) is 4.79 Å². The molecule has 1 heterocycles. The van der Waals surface area contributed by atoms with E-state index in [-0.39, 0.29) is 13.1 Å². The van der Waals surface area contributed by atoms with Crippen molar-refractivity contribution in [1.82, 2.24) is 0 Å². The number of aryl methyl sites for hydroxylation is 1. The lowest BCUT2D eigenvalue weighted by atomic mass is 10.1. The van der Waals surface area contributed by atoms with E-state index in [1.54, 1.807) is 11.8 Å². The van der Waals surface area contributed by atoms with Gasteiger partial charge in [0.2, 0.25) is 0 Å². The maximum absolute atomic E-state index is 12.0. The van der Waals surface area contributed by atoms with E-state index < -0.39 is 17.9 Å². The molecule has 0 aliphatic heterocycles. The number of carbonyl (C=O) groups excluding carboxylic acids is 1. The molecule has 6 heteroatoms. The normalized spacial score (nSPS) is 11.6. The van der Waals surface area contributed by atoms with Crippen molar-refractivity contribution in [2.45, 2.75) is 20.8 Å². The molecule has 0 aliphatic carbocycles. The number of methoxy groups -OCH3 is 1. The highest BCUT2D eigenvalue weighted by Crippen LogP contribution is 2.36. The Hall–Kier alpha value is -2.00. The second-order valence-electron chi connectivity index (χ2n) is 4.78. The largest absolute Gasteiger partial charge is 0.481 e. The third-order valence-electron chi connectivity index (χ3n) is 3.24. The van der Waals surface area contributed by atoms with Crippen LogP contribution in [0.2, 0.25) is 0 Å². The van der Waals surface area contributed by atoms with E-state index in [0.29, 0.717) is 10.6 Å². The molecule has 114 valence electrons. The number of hydrogen-bond donors (Lipinski definition) is 1. The van der Waals surface area contributed by atoms with Crippen LogP contribution in [-0.2, 0) is 9.53 Å². The molecule has 0 spiro atoms. The lowest BCUT2D eigenvalue weighted by molar-refractivity contribution is -0.140. The van der Waals surface area contributed by atoms with Crippen molar-refractivity contribution in [3.8, 4) is 12.3 Å². The van der Waals surface area contributed by atoms with Gasteiger partial charge in [-0.2, -0.15) is 0 Å². The van der Waals surface area contributed by atoms with Crippen molar-refractivity contribution < 1.29 is 19.4 Å². The first kappa shape index (κ1) is 17.1. The minimum atomic E-state index is -0.901. The number of anilines is 1. The second kappa shape index (κ2) is 7.14. The summed E-state index contributed by atoms with van der Waals surface area (Å²) in [5.74, 6) is 0.585. The summed E-state index contributed by atoms with van der Waals surface area (Å²) in [4.78, 5) is 25.8. The molecule has 1 aromatic heterocycles. The Labute approximate surface area is 128 Å². The topological polar surface area (TPSA) is 66.8 Å². The first-order valence-corrected chi connectivity index (χ1v) is 7.24. The van der Waals surface area contributed by atoms with Gasteiger partial charge in [0.25, 0.3) is 0 Å². The number of carboxylic acid groups (broad SMARTS) is 1. The fraction of sp³-hybridized carbons (Fsp3) is 0.467. The molecule has 0 fully saturated rings. The molecule has 0 aliphatic rings. The number of esters is 1. The zero-order chi connectivity index (χ0) is 16.2. The molecule has 0 bridgehead atoms. The number of ether oxygens (including phenoxy) is 1. The molecule has 1 aromatic rings. The van der Waals surface area contributed by atoms with Crippen molar-refractivity contribution in [2.75, 3.05) is 25.1 Å². The summed E-state index contributed by atoms with van der Waals surface area (Å²) in [6, 6.07) is 0. The molecule has 21 heavy (non-hydrogen) atoms. The minimum Gasteiger partial charge on any atom is -0.481 e. The Morgan fingerprint density at radius 3 is 2.57 bits per heavy atom. The first-order valence-electron chi connectivity index (χ1n) is 6.43. The number of rotatable bonds is 6. The third-order valence-corrected chi connectivity index (χ3v) is 4.51. The second-order valence-corrected chi connectivity index (χ2v) is 5.98. The highest BCUT2D eigenvalue weighted by Gasteiger charge is 2.26. The monoisotopic (exact) mass is 309 g/mol. The van der Waals surface area contributed by atoms with Crippen molar-refractivity contribution in [3.05, 3.63) is 16.0 Å². The quantitative estimate of drug-likeness (QED) is 0.645. The predicted octanol–water partition coefficient (Wildman–Crippen LogP) is 2.31. The Bertz CT molecular complexity index is 585. The van der Waals surface area contributed by atoms with Gasteiger partial charge in [0.05, 0.1) is 25.1 Å². The lowest BCUT2D eigenvalue weighted by Crippen LogP contribution is -2.32. The van der Waals surface area contributed by atoms with E-state index in [4.69, 9.17) is 16.3 Å². The minimum absolute atomic E-state index is 0.237. The number of hydrogen-bond acceptors (Lipinski definition) is 5. The summed E-state index contributed by atoms with van der Waals surface area (Å²) < 4.78 is 4.82. The lowest BCUT2D eigenvalue weighted by Gasteiger charge is -2.24. The summed E-state index contributed by atoms with van der Waals surface area (Å²) in [7, 11) is 1.32. The molecule has 1 N–H and O–H groups in total. The number of carbonyl (C=O) groups is 2. The highest BCUT2D eigenvalue weighted by atomic mass is 32.1. The highest BCUT2D eigenvalue weighted by molar-refractivity contribution is 7.16. The van der Waals surface area contributed by atoms with Gasteiger partial charge in [-0.05, 0) is 19.4 Å². The molecule has 1 rings (SSSR count).